The van der Waals surface area contributed by atoms with Crippen LogP contribution in [0.3, 0.4) is 0 Å². The third-order valence-corrected chi connectivity index (χ3v) is 4.35. The molecular weight excluding hydrogens is 312 g/mol. The van der Waals surface area contributed by atoms with Gasteiger partial charge in [-0.25, -0.2) is 0 Å². The van der Waals surface area contributed by atoms with E-state index in [1.54, 1.807) is 12.1 Å². The topological polar surface area (TPSA) is 54.4 Å². The number of ketones is 2. The molecule has 0 saturated heterocycles. The average Bonchev–Trinajstić information content (AvgIpc) is 2.65. The standard InChI is InChI=1S/C22H14O3/c23-19-12-6-5-11-18(19)21(24)22(25)20-16-9-3-1-7-14(16)13-15-8-2-4-10-17(15)20/h1-13,23H. The summed E-state index contributed by atoms with van der Waals surface area (Å²) >= 11 is 0. The fraction of sp³-hybridized carbons (Fsp3) is 0. The second-order valence-corrected chi connectivity index (χ2v) is 5.87. The number of phenols is 1. The summed E-state index contributed by atoms with van der Waals surface area (Å²) in [5.41, 5.74) is 0.395. The van der Waals surface area contributed by atoms with Crippen LogP contribution in [-0.2, 0) is 0 Å². The fourth-order valence-electron chi connectivity index (χ4n) is 3.16. The number of aromatic hydroxyl groups is 1. The molecule has 4 rings (SSSR count). The maximum atomic E-state index is 13.1. The number of carbonyl (C=O) groups excluding carboxylic acids is 2. The van der Waals surface area contributed by atoms with Gasteiger partial charge >= 0.3 is 0 Å². The van der Waals surface area contributed by atoms with E-state index in [1.165, 1.54) is 12.1 Å². The van der Waals surface area contributed by atoms with Gasteiger partial charge in [0.25, 0.3) is 0 Å². The number of para-hydroxylation sites is 1. The number of rotatable bonds is 3. The molecule has 120 valence electrons. The van der Waals surface area contributed by atoms with Crippen LogP contribution in [0.25, 0.3) is 21.5 Å². The smallest absolute Gasteiger partial charge is 0.237 e. The van der Waals surface area contributed by atoms with Gasteiger partial charge in [-0.2, -0.15) is 0 Å². The van der Waals surface area contributed by atoms with E-state index in [9.17, 15) is 14.7 Å². The Hall–Kier alpha value is -3.46. The number of hydrogen-bond donors (Lipinski definition) is 1. The Morgan fingerprint density at radius 2 is 1.16 bits per heavy atom. The van der Waals surface area contributed by atoms with Crippen molar-refractivity contribution in [2.75, 3.05) is 0 Å². The number of benzene rings is 4. The van der Waals surface area contributed by atoms with Crippen molar-refractivity contribution in [2.45, 2.75) is 0 Å². The molecule has 0 saturated carbocycles. The van der Waals surface area contributed by atoms with E-state index in [-0.39, 0.29) is 11.3 Å². The van der Waals surface area contributed by atoms with E-state index in [0.717, 1.165) is 21.5 Å². The predicted octanol–water partition coefficient (Wildman–Crippen LogP) is 4.76. The van der Waals surface area contributed by atoms with Crippen LogP contribution in [0.5, 0.6) is 5.75 Å². The second kappa shape index (κ2) is 5.87. The van der Waals surface area contributed by atoms with Crippen molar-refractivity contribution in [1.82, 2.24) is 0 Å². The minimum absolute atomic E-state index is 0.0181. The largest absolute Gasteiger partial charge is 0.507 e. The zero-order valence-electron chi connectivity index (χ0n) is 13.3. The Kier molecular flexibility index (Phi) is 3.55. The van der Waals surface area contributed by atoms with Gasteiger partial charge in [0.05, 0.1) is 5.56 Å². The molecule has 0 aromatic heterocycles. The minimum Gasteiger partial charge on any atom is -0.507 e. The van der Waals surface area contributed by atoms with Crippen molar-refractivity contribution >= 4 is 33.1 Å². The lowest BCUT2D eigenvalue weighted by molar-refractivity contribution is 0.0817. The summed E-state index contributed by atoms with van der Waals surface area (Å²) < 4.78 is 0. The Balaban J connectivity index is 2.00. The van der Waals surface area contributed by atoms with E-state index >= 15 is 0 Å². The summed E-state index contributed by atoms with van der Waals surface area (Å²) in [4.78, 5) is 25.8. The highest BCUT2D eigenvalue weighted by Gasteiger charge is 2.24. The summed E-state index contributed by atoms with van der Waals surface area (Å²) in [5.74, 6) is -1.51. The summed E-state index contributed by atoms with van der Waals surface area (Å²) in [6, 6.07) is 23.1. The van der Waals surface area contributed by atoms with Gasteiger partial charge in [0.15, 0.2) is 0 Å². The van der Waals surface area contributed by atoms with E-state index in [4.69, 9.17) is 0 Å². The lowest BCUT2D eigenvalue weighted by atomic mass is 9.91. The lowest BCUT2D eigenvalue weighted by Crippen LogP contribution is -2.15. The van der Waals surface area contributed by atoms with Gasteiger partial charge in [-0.3, -0.25) is 9.59 Å². The first-order chi connectivity index (χ1) is 12.2. The van der Waals surface area contributed by atoms with Crippen molar-refractivity contribution in [3.63, 3.8) is 0 Å². The predicted molar refractivity (Wildman–Crippen MR) is 98.2 cm³/mol. The molecule has 0 aliphatic heterocycles. The van der Waals surface area contributed by atoms with Crippen LogP contribution in [0.4, 0.5) is 0 Å². The molecule has 0 heterocycles. The molecule has 0 amide bonds. The monoisotopic (exact) mass is 326 g/mol. The molecular formula is C22H14O3. The molecule has 0 spiro atoms. The van der Waals surface area contributed by atoms with E-state index < -0.39 is 11.6 Å². The van der Waals surface area contributed by atoms with Crippen LogP contribution in [0, 0.1) is 0 Å². The van der Waals surface area contributed by atoms with Crippen LogP contribution < -0.4 is 0 Å². The zero-order valence-corrected chi connectivity index (χ0v) is 13.3. The number of carbonyl (C=O) groups is 2. The summed E-state index contributed by atoms with van der Waals surface area (Å²) in [7, 11) is 0. The number of fused-ring (bicyclic) bond motifs is 2. The molecule has 0 fully saturated rings. The molecule has 25 heavy (non-hydrogen) atoms. The van der Waals surface area contributed by atoms with Crippen molar-refractivity contribution in [3.05, 3.63) is 90.0 Å². The molecule has 0 bridgehead atoms. The second-order valence-electron chi connectivity index (χ2n) is 5.87. The van der Waals surface area contributed by atoms with Crippen LogP contribution in [-0.4, -0.2) is 16.7 Å². The molecule has 0 unspecified atom stereocenters. The molecule has 3 heteroatoms. The fourth-order valence-corrected chi connectivity index (χ4v) is 3.16. The summed E-state index contributed by atoms with van der Waals surface area (Å²) in [5, 5.41) is 13.2. The third-order valence-electron chi connectivity index (χ3n) is 4.35. The average molecular weight is 326 g/mol. The normalized spacial score (nSPS) is 10.9. The van der Waals surface area contributed by atoms with Gasteiger partial charge in [0, 0.05) is 5.56 Å². The zero-order chi connectivity index (χ0) is 17.4. The Morgan fingerprint density at radius 1 is 0.640 bits per heavy atom. The molecule has 4 aromatic carbocycles. The van der Waals surface area contributed by atoms with E-state index in [1.807, 2.05) is 54.6 Å². The van der Waals surface area contributed by atoms with Crippen molar-refractivity contribution in [1.29, 1.82) is 0 Å². The maximum Gasteiger partial charge on any atom is 0.237 e. The highest BCUT2D eigenvalue weighted by molar-refractivity contribution is 6.53. The molecule has 3 nitrogen and oxygen atoms in total. The highest BCUT2D eigenvalue weighted by Crippen LogP contribution is 2.30. The first-order valence-electron chi connectivity index (χ1n) is 7.94. The number of phenolic OH excluding ortho intramolecular Hbond substituents is 1. The van der Waals surface area contributed by atoms with E-state index in [0.29, 0.717) is 5.56 Å². The molecule has 1 N–H and O–H groups in total. The number of Topliss-reactive ketones (excluding diaryl/α,β-unsaturated/α-hetero) is 2. The van der Waals surface area contributed by atoms with Crippen molar-refractivity contribution in [2.24, 2.45) is 0 Å². The van der Waals surface area contributed by atoms with Gasteiger partial charge in [0.1, 0.15) is 5.75 Å². The lowest BCUT2D eigenvalue weighted by Gasteiger charge is -2.10. The highest BCUT2D eigenvalue weighted by atomic mass is 16.3. The molecule has 0 radical (unpaired) electrons. The van der Waals surface area contributed by atoms with Crippen LogP contribution in [0.15, 0.2) is 78.9 Å². The van der Waals surface area contributed by atoms with Crippen LogP contribution >= 0.6 is 0 Å². The Bertz CT molecular complexity index is 1090. The maximum absolute atomic E-state index is 13.1. The Morgan fingerprint density at radius 3 is 1.76 bits per heavy atom. The summed E-state index contributed by atoms with van der Waals surface area (Å²) in [6.45, 7) is 0. The molecule has 4 aromatic rings. The number of hydrogen-bond acceptors (Lipinski definition) is 3. The van der Waals surface area contributed by atoms with Crippen molar-refractivity contribution < 1.29 is 14.7 Å². The van der Waals surface area contributed by atoms with Crippen LogP contribution in [0.2, 0.25) is 0 Å². The van der Waals surface area contributed by atoms with E-state index in [2.05, 4.69) is 0 Å². The first-order valence-corrected chi connectivity index (χ1v) is 7.94. The molecule has 0 aliphatic carbocycles. The molecule has 0 atom stereocenters. The Labute approximate surface area is 144 Å². The van der Waals surface area contributed by atoms with Gasteiger partial charge in [0.2, 0.25) is 11.6 Å². The van der Waals surface area contributed by atoms with Crippen molar-refractivity contribution in [3.8, 4) is 5.75 Å². The van der Waals surface area contributed by atoms with Gasteiger partial charge in [-0.1, -0.05) is 60.7 Å². The molecule has 0 aliphatic rings. The SMILES string of the molecule is O=C(C(=O)c1c2ccccc2cc2ccccc12)c1ccccc1O. The summed E-state index contributed by atoms with van der Waals surface area (Å²) in [6.07, 6.45) is 0. The van der Waals surface area contributed by atoms with Gasteiger partial charge < -0.3 is 5.11 Å². The van der Waals surface area contributed by atoms with Gasteiger partial charge in [-0.05, 0) is 39.7 Å². The quantitative estimate of drug-likeness (QED) is 0.335. The third kappa shape index (κ3) is 2.46. The first kappa shape index (κ1) is 15.1. The van der Waals surface area contributed by atoms with Crippen LogP contribution in [0.1, 0.15) is 20.7 Å². The minimum atomic E-state index is -0.709. The van der Waals surface area contributed by atoms with Gasteiger partial charge in [-0.15, -0.1) is 0 Å².